The summed E-state index contributed by atoms with van der Waals surface area (Å²) in [5.74, 6) is 0. The molecule has 5 heteroatoms. The van der Waals surface area contributed by atoms with Gasteiger partial charge >= 0.3 is 0 Å². The zero-order valence-corrected chi connectivity index (χ0v) is 16.0. The van der Waals surface area contributed by atoms with Crippen molar-refractivity contribution in [2.45, 2.75) is 13.0 Å². The SMILES string of the molecule is CCNC(c1ccc(Cl)cc1Cl)c1cc(I)ccc1Br. The van der Waals surface area contributed by atoms with Crippen molar-refractivity contribution in [2.24, 2.45) is 0 Å². The van der Waals surface area contributed by atoms with Gasteiger partial charge in [-0.1, -0.05) is 52.1 Å². The maximum Gasteiger partial charge on any atom is 0.0602 e. The summed E-state index contributed by atoms with van der Waals surface area (Å²) in [5, 5.41) is 4.81. The average Bonchev–Trinajstić information content (AvgIpc) is 2.40. The Bertz CT molecular complexity index is 619. The lowest BCUT2D eigenvalue weighted by Crippen LogP contribution is -2.22. The standard InChI is InChI=1S/C15H13BrCl2IN/c1-2-20-15(11-5-3-9(17)7-14(11)18)12-8-10(19)4-6-13(12)16/h3-8,15,20H,2H2,1H3. The van der Waals surface area contributed by atoms with E-state index in [1.165, 1.54) is 9.13 Å². The molecule has 2 aromatic rings. The fourth-order valence-corrected chi connectivity index (χ4v) is 3.57. The van der Waals surface area contributed by atoms with Gasteiger partial charge in [-0.05, 0) is 70.6 Å². The molecule has 20 heavy (non-hydrogen) atoms. The number of benzene rings is 2. The summed E-state index contributed by atoms with van der Waals surface area (Å²) in [6, 6.07) is 12.0. The van der Waals surface area contributed by atoms with E-state index in [2.05, 4.69) is 69.0 Å². The van der Waals surface area contributed by atoms with Crippen LogP contribution < -0.4 is 5.32 Å². The Balaban J connectivity index is 2.53. The molecule has 1 unspecified atom stereocenters. The van der Waals surface area contributed by atoms with Gasteiger partial charge < -0.3 is 5.32 Å². The monoisotopic (exact) mass is 483 g/mol. The Hall–Kier alpha value is 0.190. The molecule has 0 spiro atoms. The second-order valence-corrected chi connectivity index (χ2v) is 7.27. The van der Waals surface area contributed by atoms with E-state index in [9.17, 15) is 0 Å². The number of rotatable bonds is 4. The van der Waals surface area contributed by atoms with Crippen molar-refractivity contribution in [1.82, 2.24) is 5.32 Å². The highest BCUT2D eigenvalue weighted by Gasteiger charge is 2.19. The summed E-state index contributed by atoms with van der Waals surface area (Å²) in [5.41, 5.74) is 2.20. The van der Waals surface area contributed by atoms with Crippen LogP contribution in [0.5, 0.6) is 0 Å². The van der Waals surface area contributed by atoms with Gasteiger partial charge in [-0.3, -0.25) is 0 Å². The van der Waals surface area contributed by atoms with E-state index in [0.29, 0.717) is 10.0 Å². The predicted octanol–water partition coefficient (Wildman–Crippen LogP) is 6.06. The fourth-order valence-electron chi connectivity index (χ4n) is 2.06. The first-order valence-corrected chi connectivity index (χ1v) is 8.79. The summed E-state index contributed by atoms with van der Waals surface area (Å²) in [4.78, 5) is 0. The topological polar surface area (TPSA) is 12.0 Å². The Labute approximate surface area is 151 Å². The van der Waals surface area contributed by atoms with Crippen LogP contribution >= 0.6 is 61.7 Å². The minimum Gasteiger partial charge on any atom is -0.306 e. The molecule has 2 aromatic carbocycles. The van der Waals surface area contributed by atoms with Crippen LogP contribution in [-0.2, 0) is 0 Å². The van der Waals surface area contributed by atoms with Gasteiger partial charge in [0.2, 0.25) is 0 Å². The summed E-state index contributed by atoms with van der Waals surface area (Å²) in [6.45, 7) is 2.93. The molecular weight excluding hydrogens is 472 g/mol. The van der Waals surface area contributed by atoms with E-state index >= 15 is 0 Å². The second kappa shape index (κ2) is 7.45. The van der Waals surface area contributed by atoms with E-state index in [1.807, 2.05) is 12.1 Å². The molecule has 0 aliphatic heterocycles. The minimum absolute atomic E-state index is 0.0360. The van der Waals surface area contributed by atoms with E-state index in [-0.39, 0.29) is 6.04 Å². The van der Waals surface area contributed by atoms with Gasteiger partial charge in [0.05, 0.1) is 6.04 Å². The molecule has 1 atom stereocenters. The van der Waals surface area contributed by atoms with Gasteiger partial charge in [-0.25, -0.2) is 0 Å². The third kappa shape index (κ3) is 3.89. The highest BCUT2D eigenvalue weighted by molar-refractivity contribution is 14.1. The van der Waals surface area contributed by atoms with E-state index in [1.54, 1.807) is 6.07 Å². The quantitative estimate of drug-likeness (QED) is 0.520. The van der Waals surface area contributed by atoms with Crippen molar-refractivity contribution >= 4 is 61.7 Å². The highest BCUT2D eigenvalue weighted by Crippen LogP contribution is 2.34. The predicted molar refractivity (Wildman–Crippen MR) is 98.8 cm³/mol. The second-order valence-electron chi connectivity index (χ2n) is 4.32. The van der Waals surface area contributed by atoms with Gasteiger partial charge in [0.25, 0.3) is 0 Å². The molecule has 2 rings (SSSR count). The summed E-state index contributed by atoms with van der Waals surface area (Å²) in [7, 11) is 0. The molecule has 106 valence electrons. The van der Waals surface area contributed by atoms with Crippen LogP contribution in [-0.4, -0.2) is 6.54 Å². The lowest BCUT2D eigenvalue weighted by molar-refractivity contribution is 0.628. The van der Waals surface area contributed by atoms with Crippen molar-refractivity contribution in [3.63, 3.8) is 0 Å². The molecule has 0 amide bonds. The van der Waals surface area contributed by atoms with Gasteiger partial charge in [0.1, 0.15) is 0 Å². The zero-order chi connectivity index (χ0) is 14.7. The van der Waals surface area contributed by atoms with Crippen LogP contribution in [0.2, 0.25) is 10.0 Å². The maximum atomic E-state index is 6.36. The molecule has 0 fully saturated rings. The van der Waals surface area contributed by atoms with E-state index in [4.69, 9.17) is 23.2 Å². The van der Waals surface area contributed by atoms with Crippen molar-refractivity contribution < 1.29 is 0 Å². The van der Waals surface area contributed by atoms with Crippen molar-refractivity contribution in [2.75, 3.05) is 6.54 Å². The first kappa shape index (κ1) is 16.6. The molecule has 0 heterocycles. The summed E-state index contributed by atoms with van der Waals surface area (Å²) < 4.78 is 2.25. The molecule has 0 bridgehead atoms. The van der Waals surface area contributed by atoms with Crippen LogP contribution in [0, 0.1) is 3.57 Å². The van der Waals surface area contributed by atoms with Crippen LogP contribution in [0.4, 0.5) is 0 Å². The number of hydrogen-bond donors (Lipinski definition) is 1. The minimum atomic E-state index is 0.0360. The molecule has 0 aliphatic rings. The molecule has 0 saturated heterocycles. The molecular formula is C15H13BrCl2IN. The summed E-state index contributed by atoms with van der Waals surface area (Å²) in [6.07, 6.45) is 0. The first-order valence-electron chi connectivity index (χ1n) is 6.16. The third-order valence-electron chi connectivity index (χ3n) is 2.95. The highest BCUT2D eigenvalue weighted by atomic mass is 127. The van der Waals surface area contributed by atoms with Crippen molar-refractivity contribution in [3.8, 4) is 0 Å². The molecule has 1 nitrogen and oxygen atoms in total. The third-order valence-corrected chi connectivity index (χ3v) is 4.91. The number of halogens is 4. The van der Waals surface area contributed by atoms with Crippen LogP contribution in [0.25, 0.3) is 0 Å². The number of hydrogen-bond acceptors (Lipinski definition) is 1. The van der Waals surface area contributed by atoms with Gasteiger partial charge in [0.15, 0.2) is 0 Å². The van der Waals surface area contributed by atoms with E-state index in [0.717, 1.165) is 16.6 Å². The van der Waals surface area contributed by atoms with Crippen molar-refractivity contribution in [3.05, 3.63) is 65.6 Å². The lowest BCUT2D eigenvalue weighted by atomic mass is 9.98. The van der Waals surface area contributed by atoms with Gasteiger partial charge in [-0.15, -0.1) is 0 Å². The van der Waals surface area contributed by atoms with Gasteiger partial charge in [-0.2, -0.15) is 0 Å². The summed E-state index contributed by atoms with van der Waals surface area (Å²) >= 11 is 18.3. The molecule has 0 aromatic heterocycles. The molecule has 1 N–H and O–H groups in total. The van der Waals surface area contributed by atoms with Crippen LogP contribution in [0.15, 0.2) is 40.9 Å². The number of nitrogens with one attached hydrogen (secondary N) is 1. The van der Waals surface area contributed by atoms with Crippen LogP contribution in [0.1, 0.15) is 24.1 Å². The van der Waals surface area contributed by atoms with E-state index < -0.39 is 0 Å². The molecule has 0 aliphatic carbocycles. The molecule has 0 radical (unpaired) electrons. The van der Waals surface area contributed by atoms with Crippen molar-refractivity contribution in [1.29, 1.82) is 0 Å². The Morgan fingerprint density at radius 3 is 2.55 bits per heavy atom. The Kier molecular flexibility index (Phi) is 6.17. The lowest BCUT2D eigenvalue weighted by Gasteiger charge is -2.22. The van der Waals surface area contributed by atoms with Crippen LogP contribution in [0.3, 0.4) is 0 Å². The average molecular weight is 485 g/mol. The smallest absolute Gasteiger partial charge is 0.0602 e. The van der Waals surface area contributed by atoms with Gasteiger partial charge in [0, 0.05) is 18.1 Å². The fraction of sp³-hybridized carbons (Fsp3) is 0.200. The zero-order valence-electron chi connectivity index (χ0n) is 10.8. The Morgan fingerprint density at radius 2 is 1.90 bits per heavy atom. The largest absolute Gasteiger partial charge is 0.306 e. The molecule has 0 saturated carbocycles. The first-order chi connectivity index (χ1) is 9.52. The Morgan fingerprint density at radius 1 is 1.15 bits per heavy atom. The normalized spacial score (nSPS) is 12.4. The maximum absolute atomic E-state index is 6.36.